The van der Waals surface area contributed by atoms with Gasteiger partial charge in [0.05, 0.1) is 5.56 Å². The van der Waals surface area contributed by atoms with Crippen molar-refractivity contribution in [3.63, 3.8) is 0 Å². The number of hydrogen-bond acceptors (Lipinski definition) is 4. The normalized spacial score (nSPS) is 11.1. The van der Waals surface area contributed by atoms with Crippen molar-refractivity contribution in [3.05, 3.63) is 22.3 Å². The van der Waals surface area contributed by atoms with Gasteiger partial charge in [0.15, 0.2) is 0 Å². The zero-order chi connectivity index (χ0) is 13.1. The first-order valence-corrected chi connectivity index (χ1v) is 6.16. The smallest absolute Gasteiger partial charge is 0.146 e. The molecule has 0 amide bonds. The molecule has 0 aliphatic rings. The Bertz CT molecular complexity index is 437. The van der Waals surface area contributed by atoms with Gasteiger partial charge in [0.1, 0.15) is 11.9 Å². The van der Waals surface area contributed by atoms with Gasteiger partial charge in [0, 0.05) is 24.3 Å². The predicted octanol–water partition coefficient (Wildman–Crippen LogP) is 2.14. The maximum absolute atomic E-state index is 9.09. The van der Waals surface area contributed by atoms with Crippen LogP contribution in [0.4, 0.5) is 5.82 Å². The molecule has 0 aliphatic carbocycles. The number of nitriles is 1. The molecule has 2 N–H and O–H groups in total. The van der Waals surface area contributed by atoms with Crippen LogP contribution in [0, 0.1) is 16.7 Å². The lowest BCUT2D eigenvalue weighted by molar-refractivity contribution is 0.384. The van der Waals surface area contributed by atoms with Gasteiger partial charge < -0.3 is 10.6 Å². The fourth-order valence-corrected chi connectivity index (χ4v) is 1.93. The second kappa shape index (κ2) is 5.48. The summed E-state index contributed by atoms with van der Waals surface area (Å²) in [6, 6.07) is 3.93. The number of hydrogen-bond donors (Lipinski definition) is 1. The van der Waals surface area contributed by atoms with Gasteiger partial charge in [-0.25, -0.2) is 4.98 Å². The number of pyridine rings is 1. The van der Waals surface area contributed by atoms with Crippen molar-refractivity contribution in [1.29, 1.82) is 5.26 Å². The highest BCUT2D eigenvalue weighted by atomic mass is 79.9. The number of rotatable bonds is 4. The minimum Gasteiger partial charge on any atom is -0.358 e. The van der Waals surface area contributed by atoms with E-state index in [9.17, 15) is 0 Å². The van der Waals surface area contributed by atoms with Gasteiger partial charge in [-0.2, -0.15) is 5.26 Å². The van der Waals surface area contributed by atoms with Crippen molar-refractivity contribution >= 4 is 21.7 Å². The van der Waals surface area contributed by atoms with E-state index in [1.165, 1.54) is 0 Å². The zero-order valence-electron chi connectivity index (χ0n) is 10.4. The Morgan fingerprint density at radius 1 is 1.59 bits per heavy atom. The van der Waals surface area contributed by atoms with Gasteiger partial charge >= 0.3 is 0 Å². The van der Waals surface area contributed by atoms with Crippen LogP contribution in [0.1, 0.15) is 19.4 Å². The van der Waals surface area contributed by atoms with Crippen molar-refractivity contribution in [2.24, 2.45) is 11.1 Å². The Labute approximate surface area is 111 Å². The van der Waals surface area contributed by atoms with Crippen molar-refractivity contribution in [2.75, 3.05) is 25.0 Å². The molecule has 5 heteroatoms. The molecule has 0 aliphatic heterocycles. The lowest BCUT2D eigenvalue weighted by Crippen LogP contribution is -2.37. The van der Waals surface area contributed by atoms with Crippen LogP contribution in [0.2, 0.25) is 0 Å². The minimum atomic E-state index is -0.00374. The molecule has 1 aromatic rings. The molecule has 0 spiro atoms. The van der Waals surface area contributed by atoms with E-state index in [0.717, 1.165) is 11.0 Å². The summed E-state index contributed by atoms with van der Waals surface area (Å²) in [5, 5.41) is 9.09. The molecule has 0 aromatic carbocycles. The van der Waals surface area contributed by atoms with Gasteiger partial charge in [-0.05, 0) is 34.0 Å². The number of halogens is 1. The molecule has 0 atom stereocenters. The van der Waals surface area contributed by atoms with Gasteiger partial charge in [0.2, 0.25) is 0 Å². The summed E-state index contributed by atoms with van der Waals surface area (Å²) in [4.78, 5) is 6.25. The Morgan fingerprint density at radius 2 is 2.24 bits per heavy atom. The van der Waals surface area contributed by atoms with Gasteiger partial charge in [-0.1, -0.05) is 13.8 Å². The predicted molar refractivity (Wildman–Crippen MR) is 72.8 cm³/mol. The van der Waals surface area contributed by atoms with E-state index in [1.807, 2.05) is 11.9 Å². The molecule has 92 valence electrons. The first kappa shape index (κ1) is 13.9. The molecule has 17 heavy (non-hydrogen) atoms. The third kappa shape index (κ3) is 3.69. The molecule has 0 saturated heterocycles. The van der Waals surface area contributed by atoms with Crippen LogP contribution >= 0.6 is 15.9 Å². The summed E-state index contributed by atoms with van der Waals surface area (Å²) in [5.41, 5.74) is 6.27. The minimum absolute atomic E-state index is 0.00374. The Morgan fingerprint density at radius 3 is 2.76 bits per heavy atom. The molecule has 1 aromatic heterocycles. The summed E-state index contributed by atoms with van der Waals surface area (Å²) in [5.74, 6) is 0.692. The molecule has 0 unspecified atom stereocenters. The van der Waals surface area contributed by atoms with Crippen LogP contribution < -0.4 is 10.6 Å². The third-order valence-corrected chi connectivity index (χ3v) is 2.97. The van der Waals surface area contributed by atoms with E-state index in [4.69, 9.17) is 11.0 Å². The molecule has 4 nitrogen and oxygen atoms in total. The lowest BCUT2D eigenvalue weighted by Gasteiger charge is -2.30. The van der Waals surface area contributed by atoms with Crippen molar-refractivity contribution in [3.8, 4) is 6.07 Å². The highest BCUT2D eigenvalue weighted by Gasteiger charge is 2.20. The Kier molecular flexibility index (Phi) is 4.49. The van der Waals surface area contributed by atoms with E-state index in [1.54, 1.807) is 12.3 Å². The highest BCUT2D eigenvalue weighted by molar-refractivity contribution is 9.10. The molecule has 0 saturated carbocycles. The molecule has 0 radical (unpaired) electrons. The van der Waals surface area contributed by atoms with E-state index >= 15 is 0 Å². The molecule has 0 fully saturated rings. The maximum atomic E-state index is 9.09. The Balaban J connectivity index is 2.97. The topological polar surface area (TPSA) is 65.9 Å². The summed E-state index contributed by atoms with van der Waals surface area (Å²) < 4.78 is 0.810. The Hall–Kier alpha value is -1.12. The lowest BCUT2D eigenvalue weighted by atomic mass is 9.93. The van der Waals surface area contributed by atoms with E-state index in [-0.39, 0.29) is 5.41 Å². The van der Waals surface area contributed by atoms with Crippen molar-refractivity contribution in [1.82, 2.24) is 4.98 Å². The number of nitrogens with zero attached hydrogens (tertiary/aromatic N) is 3. The largest absolute Gasteiger partial charge is 0.358 e. The van der Waals surface area contributed by atoms with Gasteiger partial charge in [-0.3, -0.25) is 0 Å². The fourth-order valence-electron chi connectivity index (χ4n) is 1.60. The molecular weight excluding hydrogens is 280 g/mol. The maximum Gasteiger partial charge on any atom is 0.146 e. The second-order valence-corrected chi connectivity index (χ2v) is 5.78. The molecule has 1 rings (SSSR count). The molecule has 1 heterocycles. The van der Waals surface area contributed by atoms with E-state index in [0.29, 0.717) is 17.9 Å². The average Bonchev–Trinajstić information content (AvgIpc) is 2.28. The van der Waals surface area contributed by atoms with Gasteiger partial charge in [-0.15, -0.1) is 0 Å². The standard InChI is InChI=1S/C12H17BrN4/c1-12(2,7-15)8-17(3)11-9(5-14)4-10(13)6-16-11/h4,6H,7-8,15H2,1-3H3. The molecule has 0 bridgehead atoms. The van der Waals surface area contributed by atoms with Crippen LogP contribution in [-0.2, 0) is 0 Å². The van der Waals surface area contributed by atoms with Crippen molar-refractivity contribution in [2.45, 2.75) is 13.8 Å². The van der Waals surface area contributed by atoms with Crippen LogP contribution in [0.25, 0.3) is 0 Å². The van der Waals surface area contributed by atoms with Crippen LogP contribution in [0.15, 0.2) is 16.7 Å². The average molecular weight is 297 g/mol. The summed E-state index contributed by atoms with van der Waals surface area (Å²) in [6.07, 6.45) is 1.70. The van der Waals surface area contributed by atoms with Crippen LogP contribution in [0.5, 0.6) is 0 Å². The fraction of sp³-hybridized carbons (Fsp3) is 0.500. The van der Waals surface area contributed by atoms with Gasteiger partial charge in [0.25, 0.3) is 0 Å². The monoisotopic (exact) mass is 296 g/mol. The van der Waals surface area contributed by atoms with Crippen LogP contribution in [-0.4, -0.2) is 25.1 Å². The SMILES string of the molecule is CN(CC(C)(C)CN)c1ncc(Br)cc1C#N. The first-order valence-electron chi connectivity index (χ1n) is 5.36. The van der Waals surface area contributed by atoms with E-state index < -0.39 is 0 Å². The summed E-state index contributed by atoms with van der Waals surface area (Å²) >= 11 is 3.31. The third-order valence-electron chi connectivity index (χ3n) is 2.53. The van der Waals surface area contributed by atoms with Crippen LogP contribution in [0.3, 0.4) is 0 Å². The number of aromatic nitrogens is 1. The highest BCUT2D eigenvalue weighted by Crippen LogP contribution is 2.23. The second-order valence-electron chi connectivity index (χ2n) is 4.86. The number of anilines is 1. The summed E-state index contributed by atoms with van der Waals surface area (Å²) in [6.45, 7) is 5.53. The quantitative estimate of drug-likeness (QED) is 0.924. The first-order chi connectivity index (χ1) is 7.89. The van der Waals surface area contributed by atoms with Crippen molar-refractivity contribution < 1.29 is 0 Å². The van der Waals surface area contributed by atoms with E-state index in [2.05, 4.69) is 40.8 Å². The molecular formula is C12H17BrN4. The summed E-state index contributed by atoms with van der Waals surface area (Å²) in [7, 11) is 1.93. The zero-order valence-corrected chi connectivity index (χ0v) is 12.0. The number of nitrogens with two attached hydrogens (primary N) is 1.